The van der Waals surface area contributed by atoms with E-state index < -0.39 is 0 Å². The number of imidazole rings is 1. The summed E-state index contributed by atoms with van der Waals surface area (Å²) in [6.07, 6.45) is 0. The maximum absolute atomic E-state index is 12.0. The molecule has 3 aromatic rings. The number of aromatic nitrogens is 2. The van der Waals surface area contributed by atoms with Crippen LogP contribution in [-0.4, -0.2) is 34.3 Å². The fourth-order valence-corrected chi connectivity index (χ4v) is 3.11. The van der Waals surface area contributed by atoms with Crippen LogP contribution < -0.4 is 5.32 Å². The third-order valence-electron chi connectivity index (χ3n) is 4.11. The lowest BCUT2D eigenvalue weighted by Gasteiger charge is -2.16. The highest BCUT2D eigenvalue weighted by Gasteiger charge is 2.23. The second-order valence-electron chi connectivity index (χ2n) is 6.13. The summed E-state index contributed by atoms with van der Waals surface area (Å²) in [4.78, 5) is 18.9. The highest BCUT2D eigenvalue weighted by Crippen LogP contribution is 2.27. The van der Waals surface area contributed by atoms with Gasteiger partial charge in [-0.15, -0.1) is 0 Å². The largest absolute Gasteiger partial charge is 0.345 e. The SMILES string of the molecule is CN(C)Cc1ccc(-c2nc3cccc4n3c2CNC4=O)cc1. The van der Waals surface area contributed by atoms with Crippen LogP contribution in [0.1, 0.15) is 21.7 Å². The lowest BCUT2D eigenvalue weighted by molar-refractivity contribution is 0.0936. The number of carbonyl (C=O) groups excluding carboxylic acids is 1. The predicted octanol–water partition coefficient (Wildman–Crippen LogP) is 2.31. The molecule has 1 aromatic carbocycles. The number of hydrogen-bond acceptors (Lipinski definition) is 3. The van der Waals surface area contributed by atoms with Crippen LogP contribution in [0, 0.1) is 0 Å². The molecular formula is C18H18N4O. The van der Waals surface area contributed by atoms with E-state index in [1.807, 2.05) is 22.6 Å². The fourth-order valence-electron chi connectivity index (χ4n) is 3.11. The number of nitrogens with one attached hydrogen (secondary N) is 1. The van der Waals surface area contributed by atoms with Gasteiger partial charge < -0.3 is 10.2 Å². The number of amides is 1. The molecule has 0 fully saturated rings. The minimum atomic E-state index is -0.0478. The lowest BCUT2D eigenvalue weighted by Crippen LogP contribution is -2.30. The molecule has 0 aliphatic carbocycles. The molecule has 0 spiro atoms. The molecule has 0 bridgehead atoms. The maximum atomic E-state index is 12.0. The molecule has 2 aromatic heterocycles. The summed E-state index contributed by atoms with van der Waals surface area (Å²) in [6, 6.07) is 14.1. The van der Waals surface area contributed by atoms with Gasteiger partial charge in [-0.2, -0.15) is 0 Å². The average molecular weight is 306 g/mol. The molecular weight excluding hydrogens is 288 g/mol. The first-order chi connectivity index (χ1) is 11.1. The third kappa shape index (κ3) is 2.29. The van der Waals surface area contributed by atoms with E-state index in [1.54, 1.807) is 0 Å². The van der Waals surface area contributed by atoms with Crippen molar-refractivity contribution in [1.82, 2.24) is 19.6 Å². The molecule has 1 N–H and O–H groups in total. The Hall–Kier alpha value is -2.66. The minimum Gasteiger partial charge on any atom is -0.345 e. The van der Waals surface area contributed by atoms with Crippen molar-refractivity contribution in [3.8, 4) is 11.3 Å². The van der Waals surface area contributed by atoms with E-state index in [0.29, 0.717) is 12.2 Å². The van der Waals surface area contributed by atoms with E-state index in [2.05, 4.69) is 48.6 Å². The Kier molecular flexibility index (Phi) is 3.16. The number of benzene rings is 1. The zero-order valence-electron chi connectivity index (χ0n) is 13.2. The lowest BCUT2D eigenvalue weighted by atomic mass is 10.1. The molecule has 116 valence electrons. The Balaban J connectivity index is 1.83. The minimum absolute atomic E-state index is 0.0478. The zero-order chi connectivity index (χ0) is 16.0. The average Bonchev–Trinajstić information content (AvgIpc) is 2.91. The molecule has 23 heavy (non-hydrogen) atoms. The van der Waals surface area contributed by atoms with Crippen molar-refractivity contribution in [2.45, 2.75) is 13.1 Å². The summed E-state index contributed by atoms with van der Waals surface area (Å²) in [5.41, 5.74) is 5.79. The summed E-state index contributed by atoms with van der Waals surface area (Å²) < 4.78 is 1.96. The van der Waals surface area contributed by atoms with Crippen LogP contribution in [0.5, 0.6) is 0 Å². The van der Waals surface area contributed by atoms with Crippen LogP contribution in [0.15, 0.2) is 42.5 Å². The first kappa shape index (κ1) is 14.0. The molecule has 0 saturated carbocycles. The highest BCUT2D eigenvalue weighted by atomic mass is 16.2. The predicted molar refractivity (Wildman–Crippen MR) is 89.2 cm³/mol. The van der Waals surface area contributed by atoms with E-state index in [9.17, 15) is 4.79 Å². The van der Waals surface area contributed by atoms with Crippen LogP contribution in [0.2, 0.25) is 0 Å². The Labute approximate surface area is 134 Å². The van der Waals surface area contributed by atoms with Gasteiger partial charge in [-0.3, -0.25) is 9.20 Å². The van der Waals surface area contributed by atoms with Gasteiger partial charge in [-0.25, -0.2) is 4.98 Å². The molecule has 5 heteroatoms. The van der Waals surface area contributed by atoms with Crippen LogP contribution in [0.3, 0.4) is 0 Å². The summed E-state index contributed by atoms with van der Waals surface area (Å²) in [6.45, 7) is 1.42. The topological polar surface area (TPSA) is 49.6 Å². The van der Waals surface area contributed by atoms with Gasteiger partial charge in [0.1, 0.15) is 11.3 Å². The maximum Gasteiger partial charge on any atom is 0.268 e. The monoisotopic (exact) mass is 306 g/mol. The second-order valence-corrected chi connectivity index (χ2v) is 6.13. The number of hydrogen-bond donors (Lipinski definition) is 1. The van der Waals surface area contributed by atoms with Crippen molar-refractivity contribution in [3.05, 3.63) is 59.4 Å². The van der Waals surface area contributed by atoms with Crippen molar-refractivity contribution in [3.63, 3.8) is 0 Å². The van der Waals surface area contributed by atoms with Crippen LogP contribution in [-0.2, 0) is 13.1 Å². The Morgan fingerprint density at radius 2 is 1.96 bits per heavy atom. The van der Waals surface area contributed by atoms with Crippen LogP contribution in [0.25, 0.3) is 16.9 Å². The fraction of sp³-hybridized carbons (Fsp3) is 0.222. The van der Waals surface area contributed by atoms with Gasteiger partial charge in [0, 0.05) is 12.1 Å². The van der Waals surface area contributed by atoms with E-state index in [-0.39, 0.29) is 5.91 Å². The summed E-state index contributed by atoms with van der Waals surface area (Å²) in [7, 11) is 4.12. The number of rotatable bonds is 3. The number of carbonyl (C=O) groups is 1. The van der Waals surface area contributed by atoms with E-state index in [0.717, 1.165) is 29.1 Å². The van der Waals surface area contributed by atoms with E-state index in [4.69, 9.17) is 4.98 Å². The Morgan fingerprint density at radius 1 is 1.17 bits per heavy atom. The van der Waals surface area contributed by atoms with Gasteiger partial charge in [-0.1, -0.05) is 30.3 Å². The van der Waals surface area contributed by atoms with Crippen LogP contribution >= 0.6 is 0 Å². The van der Waals surface area contributed by atoms with Gasteiger partial charge in [0.05, 0.1) is 17.9 Å². The van der Waals surface area contributed by atoms with Gasteiger partial charge >= 0.3 is 0 Å². The Morgan fingerprint density at radius 3 is 2.70 bits per heavy atom. The van der Waals surface area contributed by atoms with Gasteiger partial charge in [0.25, 0.3) is 5.91 Å². The van der Waals surface area contributed by atoms with Gasteiger partial charge in [-0.05, 0) is 31.8 Å². The smallest absolute Gasteiger partial charge is 0.268 e. The van der Waals surface area contributed by atoms with Gasteiger partial charge in [0.15, 0.2) is 0 Å². The van der Waals surface area contributed by atoms with Crippen molar-refractivity contribution in [2.24, 2.45) is 0 Å². The van der Waals surface area contributed by atoms with Crippen molar-refractivity contribution >= 4 is 11.6 Å². The molecule has 0 atom stereocenters. The van der Waals surface area contributed by atoms with Gasteiger partial charge in [0.2, 0.25) is 0 Å². The molecule has 1 aliphatic heterocycles. The number of nitrogens with zero attached hydrogens (tertiary/aromatic N) is 3. The number of pyridine rings is 1. The Bertz CT molecular complexity index is 893. The molecule has 0 unspecified atom stereocenters. The standard InChI is InChI=1S/C18H18N4O/c1-21(2)11-12-6-8-13(9-7-12)17-15-10-19-18(23)14-4-3-5-16(20-17)22(14)15/h3-9H,10-11H2,1-2H3,(H,19,23). The second kappa shape index (κ2) is 5.21. The summed E-state index contributed by atoms with van der Waals surface area (Å²) >= 11 is 0. The van der Waals surface area contributed by atoms with E-state index >= 15 is 0 Å². The third-order valence-corrected chi connectivity index (χ3v) is 4.11. The molecule has 1 aliphatic rings. The van der Waals surface area contributed by atoms with E-state index in [1.165, 1.54) is 5.56 Å². The van der Waals surface area contributed by atoms with Crippen molar-refractivity contribution in [1.29, 1.82) is 0 Å². The molecule has 1 amide bonds. The molecule has 3 heterocycles. The molecule has 0 radical (unpaired) electrons. The first-order valence-corrected chi connectivity index (χ1v) is 7.66. The summed E-state index contributed by atoms with van der Waals surface area (Å²) in [5, 5.41) is 2.93. The van der Waals surface area contributed by atoms with Crippen molar-refractivity contribution < 1.29 is 4.79 Å². The summed E-state index contributed by atoms with van der Waals surface area (Å²) in [5.74, 6) is -0.0478. The quantitative estimate of drug-likeness (QED) is 0.808. The van der Waals surface area contributed by atoms with Crippen molar-refractivity contribution in [2.75, 3.05) is 14.1 Å². The molecule has 5 nitrogen and oxygen atoms in total. The van der Waals surface area contributed by atoms with Crippen LogP contribution in [0.4, 0.5) is 0 Å². The highest BCUT2D eigenvalue weighted by molar-refractivity contribution is 5.95. The normalized spacial score (nSPS) is 13.6. The molecule has 4 rings (SSSR count). The first-order valence-electron chi connectivity index (χ1n) is 7.66. The zero-order valence-corrected chi connectivity index (χ0v) is 13.2. The molecule has 0 saturated heterocycles.